The molecule has 3 rings (SSSR count). The molecule has 156 valence electrons. The zero-order valence-corrected chi connectivity index (χ0v) is 17.2. The van der Waals surface area contributed by atoms with Crippen LogP contribution < -0.4 is 16.2 Å². The second-order valence-corrected chi connectivity index (χ2v) is 8.41. The van der Waals surface area contributed by atoms with Crippen LogP contribution in [0.4, 0.5) is 4.79 Å². The van der Waals surface area contributed by atoms with Gasteiger partial charge in [-0.3, -0.25) is 14.3 Å². The van der Waals surface area contributed by atoms with E-state index in [1.807, 2.05) is 12.1 Å². The fourth-order valence-corrected chi connectivity index (χ4v) is 3.43. The molecule has 1 aromatic carbocycles. The van der Waals surface area contributed by atoms with Crippen LogP contribution in [0.15, 0.2) is 35.3 Å². The van der Waals surface area contributed by atoms with Crippen LogP contribution in [-0.2, 0) is 29.4 Å². The van der Waals surface area contributed by atoms with Crippen molar-refractivity contribution in [3.8, 4) is 0 Å². The number of carbonyl (C=O) groups excluding carboxylic acids is 2. The van der Waals surface area contributed by atoms with Crippen LogP contribution in [0.5, 0.6) is 0 Å². The minimum atomic E-state index is -0.913. The third-order valence-electron chi connectivity index (χ3n) is 4.93. The van der Waals surface area contributed by atoms with Crippen LogP contribution in [0.25, 0.3) is 0 Å². The van der Waals surface area contributed by atoms with Gasteiger partial charge < -0.3 is 20.5 Å². The van der Waals surface area contributed by atoms with Crippen molar-refractivity contribution in [2.45, 2.75) is 51.2 Å². The predicted molar refractivity (Wildman–Crippen MR) is 109 cm³/mol. The Balaban J connectivity index is 1.66. The molecule has 0 saturated heterocycles. The maximum Gasteiger partial charge on any atom is 0.408 e. The van der Waals surface area contributed by atoms with Crippen molar-refractivity contribution < 1.29 is 14.3 Å². The largest absolute Gasteiger partial charge is 0.444 e. The molecular weight excluding hydrogens is 372 g/mol. The minimum absolute atomic E-state index is 0.0719. The predicted octanol–water partition coefficient (Wildman–Crippen LogP) is 1.61. The van der Waals surface area contributed by atoms with Crippen molar-refractivity contribution >= 4 is 12.0 Å². The number of aromatic nitrogens is 2. The molecule has 1 aliphatic carbocycles. The summed E-state index contributed by atoms with van der Waals surface area (Å²) in [5.74, 6) is -0.0825. The van der Waals surface area contributed by atoms with Crippen molar-refractivity contribution in [2.24, 2.45) is 7.05 Å². The van der Waals surface area contributed by atoms with Crippen LogP contribution in [0.1, 0.15) is 43.4 Å². The topological polar surface area (TPSA) is 105 Å². The molecule has 0 saturated carbocycles. The van der Waals surface area contributed by atoms with E-state index in [9.17, 15) is 14.4 Å². The molecule has 8 heteroatoms. The molecule has 1 heterocycles. The highest BCUT2D eigenvalue weighted by Crippen LogP contribution is 2.33. The van der Waals surface area contributed by atoms with Gasteiger partial charge in [0.2, 0.25) is 5.91 Å². The summed E-state index contributed by atoms with van der Waals surface area (Å²) < 4.78 is 6.60. The smallest absolute Gasteiger partial charge is 0.408 e. The van der Waals surface area contributed by atoms with Gasteiger partial charge in [0.05, 0.1) is 0 Å². The van der Waals surface area contributed by atoms with Gasteiger partial charge in [-0.05, 0) is 38.3 Å². The van der Waals surface area contributed by atoms with Crippen LogP contribution in [-0.4, -0.2) is 40.0 Å². The number of nitrogens with one attached hydrogen (secondary N) is 3. The number of hydrogen-bond donors (Lipinski definition) is 3. The number of nitrogens with zero attached hydrogens (tertiary/aromatic N) is 1. The molecule has 2 atom stereocenters. The Morgan fingerprint density at radius 3 is 2.66 bits per heavy atom. The van der Waals surface area contributed by atoms with E-state index in [1.54, 1.807) is 34.0 Å². The van der Waals surface area contributed by atoms with Crippen molar-refractivity contribution in [3.63, 3.8) is 0 Å². The molecule has 1 aliphatic rings. The maximum atomic E-state index is 12.8. The average molecular weight is 400 g/mol. The second-order valence-electron chi connectivity index (χ2n) is 8.41. The highest BCUT2D eigenvalue weighted by atomic mass is 16.6. The Hall–Kier alpha value is -3.03. The van der Waals surface area contributed by atoms with E-state index in [1.165, 1.54) is 15.8 Å². The number of carbonyl (C=O) groups is 2. The lowest BCUT2D eigenvalue weighted by atomic mass is 9.77. The molecule has 2 aromatic rings. The number of rotatable bonds is 6. The fraction of sp³-hybridized carbons (Fsp3) is 0.476. The Morgan fingerprint density at radius 1 is 1.31 bits per heavy atom. The Kier molecular flexibility index (Phi) is 5.81. The van der Waals surface area contributed by atoms with Gasteiger partial charge in [0.1, 0.15) is 11.6 Å². The van der Waals surface area contributed by atoms with Gasteiger partial charge in [-0.1, -0.05) is 24.3 Å². The SMILES string of the molecule is Cn1[nH]cc(C[C@H](NC(=O)OC(C)(C)C)C(=O)NCC2Cc3ccccc32)c1=O. The average Bonchev–Trinajstić information content (AvgIpc) is 2.92. The van der Waals surface area contributed by atoms with Gasteiger partial charge >= 0.3 is 6.09 Å². The van der Waals surface area contributed by atoms with E-state index in [0.717, 1.165) is 6.42 Å². The highest BCUT2D eigenvalue weighted by Gasteiger charge is 2.29. The molecule has 1 unspecified atom stereocenters. The van der Waals surface area contributed by atoms with E-state index in [0.29, 0.717) is 12.1 Å². The normalized spacial score (nSPS) is 16.3. The quantitative estimate of drug-likeness (QED) is 0.685. The number of aromatic amines is 1. The summed E-state index contributed by atoms with van der Waals surface area (Å²) in [6, 6.07) is 7.23. The van der Waals surface area contributed by atoms with Crippen molar-refractivity contribution in [1.82, 2.24) is 20.4 Å². The van der Waals surface area contributed by atoms with Crippen molar-refractivity contribution in [3.05, 3.63) is 57.5 Å². The first-order valence-corrected chi connectivity index (χ1v) is 9.72. The number of fused-ring (bicyclic) bond motifs is 1. The molecule has 3 N–H and O–H groups in total. The third-order valence-corrected chi connectivity index (χ3v) is 4.93. The molecule has 0 spiro atoms. The van der Waals surface area contributed by atoms with E-state index in [4.69, 9.17) is 4.74 Å². The van der Waals surface area contributed by atoms with Crippen LogP contribution in [0.3, 0.4) is 0 Å². The maximum absolute atomic E-state index is 12.8. The number of H-pyrrole nitrogens is 1. The fourth-order valence-electron chi connectivity index (χ4n) is 3.43. The molecule has 0 fully saturated rings. The number of aryl methyl sites for hydroxylation is 1. The first-order chi connectivity index (χ1) is 13.6. The molecule has 1 aromatic heterocycles. The summed E-state index contributed by atoms with van der Waals surface area (Å²) in [5.41, 5.74) is 2.03. The van der Waals surface area contributed by atoms with Crippen LogP contribution >= 0.6 is 0 Å². The lowest BCUT2D eigenvalue weighted by molar-refractivity contribution is -0.123. The third kappa shape index (κ3) is 5.07. The highest BCUT2D eigenvalue weighted by molar-refractivity contribution is 5.86. The van der Waals surface area contributed by atoms with E-state index >= 15 is 0 Å². The molecule has 29 heavy (non-hydrogen) atoms. The van der Waals surface area contributed by atoms with E-state index in [2.05, 4.69) is 27.9 Å². The standard InChI is InChI=1S/C21H28N4O4/c1-21(2,3)29-20(28)24-17(10-15-12-23-25(4)19(15)27)18(26)22-11-14-9-13-7-5-6-8-16(13)14/h5-8,12,14,17,23H,9-11H2,1-4H3,(H,22,26)(H,24,28)/t14?,17-/m0/s1. The van der Waals surface area contributed by atoms with E-state index in [-0.39, 0.29) is 23.8 Å². The number of benzene rings is 1. The number of hydrogen-bond acceptors (Lipinski definition) is 4. The Labute approximate surface area is 169 Å². The summed E-state index contributed by atoms with van der Waals surface area (Å²) in [4.78, 5) is 37.2. The van der Waals surface area contributed by atoms with Gasteiger partial charge in [-0.15, -0.1) is 0 Å². The molecular formula is C21H28N4O4. The number of amides is 2. The van der Waals surface area contributed by atoms with E-state index < -0.39 is 17.7 Å². The van der Waals surface area contributed by atoms with Crippen LogP contribution in [0, 0.1) is 0 Å². The van der Waals surface area contributed by atoms with Crippen molar-refractivity contribution in [1.29, 1.82) is 0 Å². The minimum Gasteiger partial charge on any atom is -0.444 e. The van der Waals surface area contributed by atoms with Gasteiger partial charge in [-0.25, -0.2) is 4.79 Å². The molecule has 0 aliphatic heterocycles. The molecule has 0 bridgehead atoms. The number of ether oxygens (including phenoxy) is 1. The Morgan fingerprint density at radius 2 is 2.03 bits per heavy atom. The summed E-state index contributed by atoms with van der Waals surface area (Å²) in [5, 5.41) is 8.29. The zero-order valence-electron chi connectivity index (χ0n) is 17.2. The van der Waals surface area contributed by atoms with Gasteiger partial charge in [0.25, 0.3) is 5.56 Å². The lowest BCUT2D eigenvalue weighted by Crippen LogP contribution is -2.50. The van der Waals surface area contributed by atoms with Crippen LogP contribution in [0.2, 0.25) is 0 Å². The van der Waals surface area contributed by atoms with Gasteiger partial charge in [0.15, 0.2) is 0 Å². The van der Waals surface area contributed by atoms with Crippen molar-refractivity contribution in [2.75, 3.05) is 6.54 Å². The summed E-state index contributed by atoms with van der Waals surface area (Å²) in [7, 11) is 1.59. The van der Waals surface area contributed by atoms with Gasteiger partial charge in [0, 0.05) is 37.7 Å². The number of alkyl carbamates (subject to hydrolysis) is 1. The summed E-state index contributed by atoms with van der Waals surface area (Å²) in [6.45, 7) is 5.72. The Bertz CT molecular complexity index is 954. The first kappa shape index (κ1) is 20.7. The zero-order chi connectivity index (χ0) is 21.2. The first-order valence-electron chi connectivity index (χ1n) is 9.72. The molecule has 8 nitrogen and oxygen atoms in total. The lowest BCUT2D eigenvalue weighted by Gasteiger charge is -2.31. The molecule has 2 amide bonds. The summed E-state index contributed by atoms with van der Waals surface area (Å²) >= 11 is 0. The monoisotopic (exact) mass is 400 g/mol. The van der Waals surface area contributed by atoms with Gasteiger partial charge in [-0.2, -0.15) is 0 Å². The summed E-state index contributed by atoms with van der Waals surface area (Å²) in [6.07, 6.45) is 1.84. The second kappa shape index (κ2) is 8.14. The molecule has 0 radical (unpaired) electrons.